The molecule has 192 valence electrons. The molecule has 3 aromatic carbocycles. The van der Waals surface area contributed by atoms with E-state index in [2.05, 4.69) is 5.32 Å². The van der Waals surface area contributed by atoms with E-state index in [9.17, 15) is 26.4 Å². The van der Waals surface area contributed by atoms with Crippen LogP contribution in [0.1, 0.15) is 37.0 Å². The van der Waals surface area contributed by atoms with Gasteiger partial charge in [-0.25, -0.2) is 4.79 Å². The van der Waals surface area contributed by atoms with Crippen molar-refractivity contribution in [2.45, 2.75) is 50.9 Å². The number of rotatable bonds is 8. The Morgan fingerprint density at radius 1 is 1.03 bits per heavy atom. The number of anilines is 1. The van der Waals surface area contributed by atoms with E-state index in [1.807, 2.05) is 45.0 Å². The molecule has 2 amide bonds. The van der Waals surface area contributed by atoms with Crippen molar-refractivity contribution in [3.63, 3.8) is 0 Å². The van der Waals surface area contributed by atoms with Gasteiger partial charge in [-0.15, -0.1) is 0 Å². The first-order valence-corrected chi connectivity index (χ1v) is 12.6. The Balaban J connectivity index is 1.72. The number of amides is 2. The van der Waals surface area contributed by atoms with E-state index in [1.54, 1.807) is 17.0 Å². The molecule has 0 aliphatic rings. The minimum Gasteiger partial charge on any atom is -0.379 e. The van der Waals surface area contributed by atoms with Gasteiger partial charge in [0, 0.05) is 18.3 Å². The van der Waals surface area contributed by atoms with E-state index in [0.717, 1.165) is 35.7 Å². The molecule has 10 heteroatoms. The van der Waals surface area contributed by atoms with Gasteiger partial charge in [-0.3, -0.25) is 0 Å². The summed E-state index contributed by atoms with van der Waals surface area (Å²) in [5, 5.41) is 2.88. The van der Waals surface area contributed by atoms with Crippen LogP contribution in [0.5, 0.6) is 5.75 Å². The van der Waals surface area contributed by atoms with Crippen molar-refractivity contribution < 1.29 is 30.6 Å². The van der Waals surface area contributed by atoms with Crippen LogP contribution < -0.4 is 9.50 Å². The van der Waals surface area contributed by atoms with Crippen LogP contribution in [-0.2, 0) is 22.8 Å². The lowest BCUT2D eigenvalue weighted by Crippen LogP contribution is -2.40. The van der Waals surface area contributed by atoms with Gasteiger partial charge >= 0.3 is 22.3 Å². The topological polar surface area (TPSA) is 75.7 Å². The van der Waals surface area contributed by atoms with Gasteiger partial charge in [0.2, 0.25) is 0 Å². The van der Waals surface area contributed by atoms with Crippen LogP contribution in [0.15, 0.2) is 77.7 Å². The molecule has 0 spiro atoms. The number of alkyl halides is 3. The van der Waals surface area contributed by atoms with Crippen molar-refractivity contribution in [1.82, 2.24) is 4.90 Å². The number of aryl methyl sites for hydroxylation is 1. The maximum absolute atomic E-state index is 12.9. The molecule has 0 saturated heterocycles. The molecule has 1 unspecified atom stereocenters. The molecule has 1 atom stereocenters. The second-order valence-electron chi connectivity index (χ2n) is 8.39. The van der Waals surface area contributed by atoms with Crippen LogP contribution >= 0.6 is 0 Å². The van der Waals surface area contributed by atoms with Crippen LogP contribution in [0, 0.1) is 6.92 Å². The number of urea groups is 1. The Hall–Kier alpha value is -3.53. The Kier molecular flexibility index (Phi) is 8.29. The maximum Gasteiger partial charge on any atom is 0.416 e. The standard InChI is InChI=1S/C26H27F3N2O4S/c1-4-19(3)31(25(32)30-22-12-8-18(2)9-13-22)17-20-10-14-23(15-11-20)35-36(33,34)24-7-5-6-21(16-24)26(27,28)29/h5-16,19H,4,17H2,1-3H3,(H,30,32). The molecular weight excluding hydrogens is 493 g/mol. The second kappa shape index (κ2) is 11.0. The van der Waals surface area contributed by atoms with Crippen molar-refractivity contribution in [2.75, 3.05) is 5.32 Å². The lowest BCUT2D eigenvalue weighted by molar-refractivity contribution is -0.137. The summed E-state index contributed by atoms with van der Waals surface area (Å²) in [5.41, 5.74) is 1.38. The van der Waals surface area contributed by atoms with E-state index in [0.29, 0.717) is 11.8 Å². The van der Waals surface area contributed by atoms with Crippen molar-refractivity contribution in [3.05, 3.63) is 89.5 Å². The summed E-state index contributed by atoms with van der Waals surface area (Å²) in [6.45, 7) is 6.10. The minimum atomic E-state index is -4.68. The normalized spacial score (nSPS) is 12.6. The Bertz CT molecular complexity index is 1290. The highest BCUT2D eigenvalue weighted by Gasteiger charge is 2.32. The average Bonchev–Trinajstić information content (AvgIpc) is 2.84. The van der Waals surface area contributed by atoms with Crippen LogP contribution in [0.25, 0.3) is 0 Å². The molecule has 3 aromatic rings. The van der Waals surface area contributed by atoms with Crippen LogP contribution in [0.4, 0.5) is 23.7 Å². The van der Waals surface area contributed by atoms with E-state index in [-0.39, 0.29) is 24.4 Å². The first-order valence-electron chi connectivity index (χ1n) is 11.2. The van der Waals surface area contributed by atoms with Gasteiger partial charge in [0.15, 0.2) is 0 Å². The summed E-state index contributed by atoms with van der Waals surface area (Å²) in [6, 6.07) is 16.4. The van der Waals surface area contributed by atoms with Gasteiger partial charge < -0.3 is 14.4 Å². The van der Waals surface area contributed by atoms with Gasteiger partial charge in [0.25, 0.3) is 0 Å². The van der Waals surface area contributed by atoms with Gasteiger partial charge in [-0.2, -0.15) is 21.6 Å². The van der Waals surface area contributed by atoms with Crippen molar-refractivity contribution >= 4 is 21.8 Å². The largest absolute Gasteiger partial charge is 0.416 e. The number of halogens is 3. The maximum atomic E-state index is 12.9. The molecule has 0 fully saturated rings. The number of hydrogen-bond donors (Lipinski definition) is 1. The average molecular weight is 521 g/mol. The van der Waals surface area contributed by atoms with Crippen LogP contribution in [0.2, 0.25) is 0 Å². The predicted octanol–water partition coefficient (Wildman–Crippen LogP) is 6.61. The number of benzene rings is 3. The van der Waals surface area contributed by atoms with Gasteiger partial charge in [0.1, 0.15) is 10.6 Å². The fraction of sp³-hybridized carbons (Fsp3) is 0.269. The Morgan fingerprint density at radius 3 is 2.25 bits per heavy atom. The fourth-order valence-electron chi connectivity index (χ4n) is 3.33. The first kappa shape index (κ1) is 27.1. The number of nitrogens with zero attached hydrogens (tertiary/aromatic N) is 1. The van der Waals surface area contributed by atoms with Crippen LogP contribution in [-0.4, -0.2) is 25.4 Å². The second-order valence-corrected chi connectivity index (χ2v) is 9.93. The number of hydrogen-bond acceptors (Lipinski definition) is 4. The van der Waals surface area contributed by atoms with E-state index >= 15 is 0 Å². The zero-order chi connectivity index (χ0) is 26.5. The predicted molar refractivity (Wildman–Crippen MR) is 131 cm³/mol. The number of carbonyl (C=O) groups excluding carboxylic acids is 1. The summed E-state index contributed by atoms with van der Waals surface area (Å²) in [7, 11) is -4.48. The van der Waals surface area contributed by atoms with E-state index in [1.165, 1.54) is 12.1 Å². The summed E-state index contributed by atoms with van der Waals surface area (Å²) in [5.74, 6) is -0.0599. The van der Waals surface area contributed by atoms with Crippen molar-refractivity contribution in [3.8, 4) is 5.75 Å². The lowest BCUT2D eigenvalue weighted by Gasteiger charge is -2.29. The summed E-state index contributed by atoms with van der Waals surface area (Å²) >= 11 is 0. The Labute approximate surface area is 208 Å². The van der Waals surface area contributed by atoms with Crippen molar-refractivity contribution in [1.29, 1.82) is 0 Å². The minimum absolute atomic E-state index is 0.0599. The van der Waals surface area contributed by atoms with E-state index < -0.39 is 26.8 Å². The third kappa shape index (κ3) is 7.00. The third-order valence-electron chi connectivity index (χ3n) is 5.62. The molecule has 0 aliphatic carbocycles. The van der Waals surface area contributed by atoms with Gasteiger partial charge in [-0.1, -0.05) is 42.8 Å². The highest BCUT2D eigenvalue weighted by atomic mass is 32.2. The number of nitrogens with one attached hydrogen (secondary N) is 1. The molecule has 0 bridgehead atoms. The highest BCUT2D eigenvalue weighted by Crippen LogP contribution is 2.31. The molecule has 36 heavy (non-hydrogen) atoms. The first-order chi connectivity index (χ1) is 16.9. The highest BCUT2D eigenvalue weighted by molar-refractivity contribution is 7.87. The number of carbonyl (C=O) groups is 1. The molecule has 0 heterocycles. The smallest absolute Gasteiger partial charge is 0.379 e. The molecule has 6 nitrogen and oxygen atoms in total. The quantitative estimate of drug-likeness (QED) is 0.339. The summed E-state index contributed by atoms with van der Waals surface area (Å²) in [4.78, 5) is 14.0. The zero-order valence-corrected chi connectivity index (χ0v) is 20.9. The summed E-state index contributed by atoms with van der Waals surface area (Å²) < 4.78 is 68.9. The third-order valence-corrected chi connectivity index (χ3v) is 6.86. The van der Waals surface area contributed by atoms with Gasteiger partial charge in [0.05, 0.1) is 5.56 Å². The zero-order valence-electron chi connectivity index (χ0n) is 20.0. The Morgan fingerprint density at radius 2 is 1.67 bits per heavy atom. The fourth-order valence-corrected chi connectivity index (χ4v) is 4.31. The monoisotopic (exact) mass is 520 g/mol. The molecular formula is C26H27F3N2O4S. The molecule has 0 saturated carbocycles. The SMILES string of the molecule is CCC(C)N(Cc1ccc(OS(=O)(=O)c2cccc(C(F)(F)F)c2)cc1)C(=O)Nc1ccc(C)cc1. The molecule has 0 aliphatic heterocycles. The molecule has 1 N–H and O–H groups in total. The molecule has 0 radical (unpaired) electrons. The lowest BCUT2D eigenvalue weighted by atomic mass is 10.1. The molecule has 3 rings (SSSR count). The molecule has 0 aromatic heterocycles. The summed E-state index contributed by atoms with van der Waals surface area (Å²) in [6.07, 6.45) is -3.96. The van der Waals surface area contributed by atoms with E-state index in [4.69, 9.17) is 4.18 Å². The van der Waals surface area contributed by atoms with Gasteiger partial charge in [-0.05, 0) is 68.3 Å². The van der Waals surface area contributed by atoms with Crippen LogP contribution in [0.3, 0.4) is 0 Å². The van der Waals surface area contributed by atoms with Crippen molar-refractivity contribution in [2.24, 2.45) is 0 Å².